The second-order valence-electron chi connectivity index (χ2n) is 9.14. The van der Waals surface area contributed by atoms with Crippen molar-refractivity contribution >= 4 is 22.6 Å². The van der Waals surface area contributed by atoms with Crippen LogP contribution in [0.15, 0.2) is 66.5 Å². The van der Waals surface area contributed by atoms with Crippen LogP contribution in [0.2, 0.25) is 0 Å². The Morgan fingerprint density at radius 1 is 1.19 bits per heavy atom. The van der Waals surface area contributed by atoms with E-state index >= 15 is 0 Å². The molecule has 1 aliphatic heterocycles. The third-order valence-electron chi connectivity index (χ3n) is 6.79. The fraction of sp³-hybridized carbons (Fsp3) is 0.296. The monoisotopic (exact) mass is 483 g/mol. The van der Waals surface area contributed by atoms with Gasteiger partial charge in [-0.15, -0.1) is 6.58 Å². The van der Waals surface area contributed by atoms with Crippen LogP contribution in [0.3, 0.4) is 0 Å². The summed E-state index contributed by atoms with van der Waals surface area (Å²) in [4.78, 5) is 46.8. The zero-order chi connectivity index (χ0) is 25.2. The lowest BCUT2D eigenvalue weighted by atomic mass is 10.0. The van der Waals surface area contributed by atoms with E-state index in [2.05, 4.69) is 31.4 Å². The quantitative estimate of drug-likeness (QED) is 0.422. The number of aryl methyl sites for hydroxylation is 1. The Labute approximate surface area is 209 Å². The van der Waals surface area contributed by atoms with Gasteiger partial charge in [0.05, 0.1) is 17.0 Å². The van der Waals surface area contributed by atoms with Crippen molar-refractivity contribution in [3.63, 3.8) is 0 Å². The third-order valence-corrected chi connectivity index (χ3v) is 6.79. The summed E-state index contributed by atoms with van der Waals surface area (Å²) in [7, 11) is 1.85. The lowest BCUT2D eigenvalue weighted by Gasteiger charge is -2.37. The standard InChI is InChI=1S/C27H29N7O2/c1-4-11-34-16-21(20-14-18(2)31-25(20)27(34)36)26(35)32(3)19-8-12-33(13-9-19)24-15-23(29-17-30-24)22-7-5-6-10-28-22/h4-7,10,14-17,19,31H,1,8-9,11-13H2,2-3H3. The van der Waals surface area contributed by atoms with Gasteiger partial charge in [-0.3, -0.25) is 14.6 Å². The van der Waals surface area contributed by atoms with E-state index in [1.807, 2.05) is 49.2 Å². The average Bonchev–Trinajstić information content (AvgIpc) is 3.32. The van der Waals surface area contributed by atoms with Crippen molar-refractivity contribution in [2.45, 2.75) is 32.4 Å². The summed E-state index contributed by atoms with van der Waals surface area (Å²) in [5, 5.41) is 0.662. The van der Waals surface area contributed by atoms with E-state index in [-0.39, 0.29) is 17.5 Å². The molecular formula is C27H29N7O2. The lowest BCUT2D eigenvalue weighted by Crippen LogP contribution is -2.46. The molecule has 1 saturated heterocycles. The zero-order valence-electron chi connectivity index (χ0n) is 20.5. The molecule has 0 radical (unpaired) electrons. The number of hydrogen-bond donors (Lipinski definition) is 1. The molecule has 0 atom stereocenters. The minimum atomic E-state index is -0.152. The first-order valence-corrected chi connectivity index (χ1v) is 12.1. The predicted octanol–water partition coefficient (Wildman–Crippen LogP) is 3.42. The highest BCUT2D eigenvalue weighted by molar-refractivity contribution is 6.06. The molecule has 0 aromatic carbocycles. The van der Waals surface area contributed by atoms with Gasteiger partial charge >= 0.3 is 0 Å². The zero-order valence-corrected chi connectivity index (χ0v) is 20.5. The van der Waals surface area contributed by atoms with Gasteiger partial charge in [0.1, 0.15) is 17.7 Å². The number of fused-ring (bicyclic) bond motifs is 1. The van der Waals surface area contributed by atoms with Crippen molar-refractivity contribution in [3.8, 4) is 11.4 Å². The van der Waals surface area contributed by atoms with E-state index in [0.29, 0.717) is 23.0 Å². The molecule has 9 heteroatoms. The molecule has 36 heavy (non-hydrogen) atoms. The second kappa shape index (κ2) is 9.77. The number of anilines is 1. The summed E-state index contributed by atoms with van der Waals surface area (Å²) in [5.74, 6) is 0.772. The predicted molar refractivity (Wildman–Crippen MR) is 140 cm³/mol. The number of aromatic nitrogens is 5. The van der Waals surface area contributed by atoms with Gasteiger partial charge in [-0.05, 0) is 38.0 Å². The number of allylic oxidation sites excluding steroid dienone is 1. The highest BCUT2D eigenvalue weighted by atomic mass is 16.2. The number of nitrogens with zero attached hydrogens (tertiary/aromatic N) is 6. The number of rotatable bonds is 6. The van der Waals surface area contributed by atoms with Crippen LogP contribution in [-0.4, -0.2) is 61.5 Å². The van der Waals surface area contributed by atoms with E-state index in [1.165, 1.54) is 4.57 Å². The van der Waals surface area contributed by atoms with E-state index in [1.54, 1.807) is 24.8 Å². The third kappa shape index (κ3) is 4.39. The van der Waals surface area contributed by atoms with E-state index in [9.17, 15) is 9.59 Å². The maximum Gasteiger partial charge on any atom is 0.275 e. The maximum atomic E-state index is 13.6. The molecule has 5 rings (SSSR count). The minimum Gasteiger partial charge on any atom is -0.356 e. The first-order chi connectivity index (χ1) is 17.5. The van der Waals surface area contributed by atoms with Crippen LogP contribution in [0, 0.1) is 6.92 Å². The fourth-order valence-corrected chi connectivity index (χ4v) is 4.86. The Kier molecular flexibility index (Phi) is 6.37. The Morgan fingerprint density at radius 3 is 2.72 bits per heavy atom. The molecule has 1 N–H and O–H groups in total. The summed E-state index contributed by atoms with van der Waals surface area (Å²) in [6.45, 7) is 7.51. The molecule has 0 spiro atoms. The Balaban J connectivity index is 1.33. The number of carbonyl (C=O) groups is 1. The fourth-order valence-electron chi connectivity index (χ4n) is 4.86. The molecule has 4 aromatic heterocycles. The van der Waals surface area contributed by atoms with Crippen LogP contribution < -0.4 is 10.5 Å². The summed E-state index contributed by atoms with van der Waals surface area (Å²) in [6, 6.07) is 9.66. The van der Waals surface area contributed by atoms with E-state index < -0.39 is 0 Å². The molecule has 0 aliphatic carbocycles. The van der Waals surface area contributed by atoms with Gasteiger partial charge in [-0.25, -0.2) is 9.97 Å². The summed E-state index contributed by atoms with van der Waals surface area (Å²) < 4.78 is 1.53. The minimum absolute atomic E-state index is 0.0840. The summed E-state index contributed by atoms with van der Waals surface area (Å²) >= 11 is 0. The molecule has 1 fully saturated rings. The number of carbonyl (C=O) groups excluding carboxylic acids is 1. The number of amides is 1. The highest BCUT2D eigenvalue weighted by Gasteiger charge is 2.28. The van der Waals surface area contributed by atoms with E-state index in [4.69, 9.17) is 0 Å². The van der Waals surface area contributed by atoms with Crippen LogP contribution in [-0.2, 0) is 6.54 Å². The van der Waals surface area contributed by atoms with Crippen molar-refractivity contribution in [2.75, 3.05) is 25.0 Å². The van der Waals surface area contributed by atoms with Gasteiger partial charge in [-0.2, -0.15) is 0 Å². The van der Waals surface area contributed by atoms with Gasteiger partial charge in [0.2, 0.25) is 0 Å². The molecule has 1 aliphatic rings. The van der Waals surface area contributed by atoms with Gasteiger partial charge in [0.15, 0.2) is 0 Å². The number of piperidine rings is 1. The van der Waals surface area contributed by atoms with Crippen LogP contribution in [0.25, 0.3) is 22.3 Å². The van der Waals surface area contributed by atoms with Crippen molar-refractivity contribution in [1.82, 2.24) is 29.4 Å². The Hall–Kier alpha value is -4.27. The molecule has 5 heterocycles. The number of hydrogen-bond acceptors (Lipinski definition) is 6. The molecule has 0 saturated carbocycles. The second-order valence-corrected chi connectivity index (χ2v) is 9.14. The first-order valence-electron chi connectivity index (χ1n) is 12.1. The normalized spacial score (nSPS) is 14.2. The largest absolute Gasteiger partial charge is 0.356 e. The smallest absolute Gasteiger partial charge is 0.275 e. The van der Waals surface area contributed by atoms with Gasteiger partial charge in [0.25, 0.3) is 11.5 Å². The van der Waals surface area contributed by atoms with E-state index in [0.717, 1.165) is 48.8 Å². The van der Waals surface area contributed by atoms with Gasteiger partial charge < -0.3 is 19.4 Å². The maximum absolute atomic E-state index is 13.6. The number of nitrogens with one attached hydrogen (secondary N) is 1. The SMILES string of the molecule is C=CCn1cc(C(=O)N(C)C2CCN(c3cc(-c4ccccn4)ncn3)CC2)c2cc(C)[nH]c2c1=O. The molecule has 1 amide bonds. The van der Waals surface area contributed by atoms with Crippen molar-refractivity contribution in [1.29, 1.82) is 0 Å². The van der Waals surface area contributed by atoms with Crippen LogP contribution in [0.1, 0.15) is 28.9 Å². The van der Waals surface area contributed by atoms with Gasteiger partial charge in [0, 0.05) is 62.3 Å². The van der Waals surface area contributed by atoms with Gasteiger partial charge in [-0.1, -0.05) is 12.1 Å². The van der Waals surface area contributed by atoms with Crippen molar-refractivity contribution in [2.24, 2.45) is 0 Å². The molecule has 4 aromatic rings. The first kappa shape index (κ1) is 23.5. The van der Waals surface area contributed by atoms with Crippen LogP contribution in [0.4, 0.5) is 5.82 Å². The van der Waals surface area contributed by atoms with Crippen LogP contribution >= 0.6 is 0 Å². The summed E-state index contributed by atoms with van der Waals surface area (Å²) in [5.41, 5.74) is 3.27. The molecule has 184 valence electrons. The topological polar surface area (TPSA) is 100 Å². The Bertz CT molecular complexity index is 1470. The number of aromatic amines is 1. The molecule has 9 nitrogen and oxygen atoms in total. The number of pyridine rings is 2. The molecule has 0 unspecified atom stereocenters. The Morgan fingerprint density at radius 2 is 2.00 bits per heavy atom. The van der Waals surface area contributed by atoms with Crippen LogP contribution in [0.5, 0.6) is 0 Å². The molecule has 0 bridgehead atoms. The van der Waals surface area contributed by atoms with Crippen molar-refractivity contribution in [3.05, 3.63) is 83.3 Å². The average molecular weight is 484 g/mol. The van der Waals surface area contributed by atoms with Crippen molar-refractivity contribution < 1.29 is 4.79 Å². The highest BCUT2D eigenvalue weighted by Crippen LogP contribution is 2.25. The number of H-pyrrole nitrogens is 1. The lowest BCUT2D eigenvalue weighted by molar-refractivity contribution is 0.0710. The summed E-state index contributed by atoms with van der Waals surface area (Å²) in [6.07, 6.45) is 8.27. The molecular weight excluding hydrogens is 454 g/mol.